The molecule has 1 aromatic carbocycles. The van der Waals surface area contributed by atoms with Gasteiger partial charge in [-0.2, -0.15) is 0 Å². The molecular formula is C17H16BrN3O4. The van der Waals surface area contributed by atoms with E-state index in [1.165, 1.54) is 6.07 Å². The molecule has 2 N–H and O–H groups in total. The number of fused-ring (bicyclic) bond motifs is 1. The second kappa shape index (κ2) is 7.10. The zero-order valence-electron chi connectivity index (χ0n) is 13.6. The Morgan fingerprint density at radius 2 is 2.00 bits per heavy atom. The molecule has 0 saturated heterocycles. The van der Waals surface area contributed by atoms with Crippen LogP contribution < -0.4 is 10.6 Å². The average Bonchev–Trinajstić information content (AvgIpc) is 3.18. The van der Waals surface area contributed by atoms with Crippen molar-refractivity contribution >= 4 is 44.5 Å². The van der Waals surface area contributed by atoms with Crippen molar-refractivity contribution in [3.63, 3.8) is 0 Å². The van der Waals surface area contributed by atoms with Gasteiger partial charge in [-0.05, 0) is 46.3 Å². The van der Waals surface area contributed by atoms with Gasteiger partial charge in [0.05, 0.1) is 6.54 Å². The zero-order valence-corrected chi connectivity index (χ0v) is 15.2. The molecular weight excluding hydrogens is 390 g/mol. The Kier molecular flexibility index (Phi) is 4.89. The monoisotopic (exact) mass is 405 g/mol. The second-order valence-corrected chi connectivity index (χ2v) is 6.51. The number of oxazole rings is 1. The summed E-state index contributed by atoms with van der Waals surface area (Å²) in [6.07, 6.45) is 0. The number of amides is 2. The first kappa shape index (κ1) is 17.2. The Labute approximate surface area is 151 Å². The van der Waals surface area contributed by atoms with Crippen LogP contribution in [0.1, 0.15) is 36.2 Å². The van der Waals surface area contributed by atoms with Crippen LogP contribution in [-0.4, -0.2) is 23.3 Å². The van der Waals surface area contributed by atoms with Gasteiger partial charge in [-0.15, -0.1) is 0 Å². The lowest BCUT2D eigenvalue weighted by molar-refractivity contribution is -0.115. The summed E-state index contributed by atoms with van der Waals surface area (Å²) < 4.78 is 11.2. The van der Waals surface area contributed by atoms with E-state index < -0.39 is 5.91 Å². The predicted molar refractivity (Wildman–Crippen MR) is 95.5 cm³/mol. The standard InChI is InChI=1S/C17H16BrN3O4/c1-9(2)17-21-11-7-10(3-4-12(11)25-17)20-15(22)8-19-16(23)13-5-6-14(18)24-13/h3-7,9H,8H2,1-2H3,(H,19,23)(H,20,22). The maximum absolute atomic E-state index is 12.0. The maximum Gasteiger partial charge on any atom is 0.287 e. The van der Waals surface area contributed by atoms with Crippen molar-refractivity contribution in [3.8, 4) is 0 Å². The van der Waals surface area contributed by atoms with Crippen LogP contribution in [0, 0.1) is 0 Å². The molecule has 25 heavy (non-hydrogen) atoms. The van der Waals surface area contributed by atoms with Gasteiger partial charge in [-0.3, -0.25) is 9.59 Å². The van der Waals surface area contributed by atoms with Crippen molar-refractivity contribution in [2.24, 2.45) is 0 Å². The highest BCUT2D eigenvalue weighted by molar-refractivity contribution is 9.10. The molecule has 0 atom stereocenters. The first-order chi connectivity index (χ1) is 11.9. The molecule has 0 fully saturated rings. The SMILES string of the molecule is CC(C)c1nc2cc(NC(=O)CNC(=O)c3ccc(Br)o3)ccc2o1. The van der Waals surface area contributed by atoms with E-state index in [0.29, 0.717) is 27.3 Å². The van der Waals surface area contributed by atoms with Crippen LogP contribution in [0.4, 0.5) is 5.69 Å². The van der Waals surface area contributed by atoms with Gasteiger partial charge in [0.2, 0.25) is 5.91 Å². The number of hydrogen-bond acceptors (Lipinski definition) is 5. The van der Waals surface area contributed by atoms with E-state index in [1.807, 2.05) is 13.8 Å². The van der Waals surface area contributed by atoms with E-state index in [2.05, 4.69) is 31.5 Å². The quantitative estimate of drug-likeness (QED) is 0.674. The molecule has 0 aliphatic heterocycles. The largest absolute Gasteiger partial charge is 0.444 e. The average molecular weight is 406 g/mol. The number of nitrogens with zero attached hydrogens (tertiary/aromatic N) is 1. The van der Waals surface area contributed by atoms with Gasteiger partial charge in [0.15, 0.2) is 21.9 Å². The van der Waals surface area contributed by atoms with Crippen LogP contribution in [0.2, 0.25) is 0 Å². The third-order valence-electron chi connectivity index (χ3n) is 3.39. The van der Waals surface area contributed by atoms with E-state index in [0.717, 1.165) is 0 Å². The summed E-state index contributed by atoms with van der Waals surface area (Å²) in [7, 11) is 0. The topological polar surface area (TPSA) is 97.4 Å². The molecule has 3 rings (SSSR count). The fourth-order valence-corrected chi connectivity index (χ4v) is 2.47. The molecule has 2 aromatic heterocycles. The summed E-state index contributed by atoms with van der Waals surface area (Å²) in [4.78, 5) is 28.2. The highest BCUT2D eigenvalue weighted by Crippen LogP contribution is 2.23. The second-order valence-electron chi connectivity index (χ2n) is 5.72. The first-order valence-corrected chi connectivity index (χ1v) is 8.45. The lowest BCUT2D eigenvalue weighted by atomic mass is 10.2. The molecule has 7 nitrogen and oxygen atoms in total. The molecule has 130 valence electrons. The van der Waals surface area contributed by atoms with Crippen LogP contribution in [-0.2, 0) is 4.79 Å². The summed E-state index contributed by atoms with van der Waals surface area (Å²) in [6.45, 7) is 3.81. The summed E-state index contributed by atoms with van der Waals surface area (Å²) in [5, 5.41) is 5.20. The number of carbonyl (C=O) groups is 2. The summed E-state index contributed by atoms with van der Waals surface area (Å²) in [6, 6.07) is 8.33. The number of furan rings is 1. The minimum absolute atomic E-state index is 0.130. The number of halogens is 1. The lowest BCUT2D eigenvalue weighted by Crippen LogP contribution is -2.32. The summed E-state index contributed by atoms with van der Waals surface area (Å²) in [5.74, 6) is 0.142. The molecule has 0 aliphatic carbocycles. The predicted octanol–water partition coefficient (Wildman–Crippen LogP) is 3.68. The van der Waals surface area contributed by atoms with Crippen LogP contribution in [0.15, 0.2) is 43.8 Å². The van der Waals surface area contributed by atoms with Gasteiger partial charge < -0.3 is 19.5 Å². The molecule has 0 spiro atoms. The van der Waals surface area contributed by atoms with Gasteiger partial charge in [0, 0.05) is 11.6 Å². The molecule has 2 heterocycles. The van der Waals surface area contributed by atoms with Crippen LogP contribution in [0.3, 0.4) is 0 Å². The fourth-order valence-electron chi connectivity index (χ4n) is 2.16. The van der Waals surface area contributed by atoms with Crippen molar-refractivity contribution in [3.05, 3.63) is 46.7 Å². The highest BCUT2D eigenvalue weighted by atomic mass is 79.9. The van der Waals surface area contributed by atoms with E-state index in [4.69, 9.17) is 8.83 Å². The normalized spacial score (nSPS) is 11.0. The van der Waals surface area contributed by atoms with Gasteiger partial charge >= 0.3 is 0 Å². The first-order valence-electron chi connectivity index (χ1n) is 7.66. The van der Waals surface area contributed by atoms with Gasteiger partial charge in [-0.25, -0.2) is 4.98 Å². The van der Waals surface area contributed by atoms with Crippen molar-refractivity contribution in [2.45, 2.75) is 19.8 Å². The van der Waals surface area contributed by atoms with Crippen LogP contribution in [0.5, 0.6) is 0 Å². The smallest absolute Gasteiger partial charge is 0.287 e. The molecule has 2 amide bonds. The minimum Gasteiger partial charge on any atom is -0.444 e. The Morgan fingerprint density at radius 1 is 1.20 bits per heavy atom. The van der Waals surface area contributed by atoms with Crippen molar-refractivity contribution in [1.29, 1.82) is 0 Å². The third-order valence-corrected chi connectivity index (χ3v) is 3.81. The Hall–Kier alpha value is -2.61. The van der Waals surface area contributed by atoms with Crippen LogP contribution in [0.25, 0.3) is 11.1 Å². The zero-order chi connectivity index (χ0) is 18.0. The summed E-state index contributed by atoms with van der Waals surface area (Å²) in [5.41, 5.74) is 1.92. The molecule has 0 aliphatic rings. The number of aromatic nitrogens is 1. The lowest BCUT2D eigenvalue weighted by Gasteiger charge is -2.05. The molecule has 3 aromatic rings. The molecule has 8 heteroatoms. The molecule has 0 saturated carbocycles. The third kappa shape index (κ3) is 4.08. The molecule has 0 bridgehead atoms. The van der Waals surface area contributed by atoms with Crippen LogP contribution >= 0.6 is 15.9 Å². The fraction of sp³-hybridized carbons (Fsp3) is 0.235. The Morgan fingerprint density at radius 3 is 2.68 bits per heavy atom. The molecule has 0 unspecified atom stereocenters. The Bertz CT molecular complexity index is 929. The number of anilines is 1. The van der Waals surface area contributed by atoms with Crippen molar-refractivity contribution in [1.82, 2.24) is 10.3 Å². The number of rotatable bonds is 5. The summed E-state index contributed by atoms with van der Waals surface area (Å²) >= 11 is 3.12. The van der Waals surface area contributed by atoms with Gasteiger partial charge in [0.1, 0.15) is 5.52 Å². The number of nitrogens with one attached hydrogen (secondary N) is 2. The van der Waals surface area contributed by atoms with Crippen molar-refractivity contribution in [2.75, 3.05) is 11.9 Å². The van der Waals surface area contributed by atoms with Gasteiger partial charge in [-0.1, -0.05) is 13.8 Å². The number of benzene rings is 1. The number of carbonyl (C=O) groups excluding carboxylic acids is 2. The Balaban J connectivity index is 1.60. The highest BCUT2D eigenvalue weighted by Gasteiger charge is 2.13. The van der Waals surface area contributed by atoms with Crippen molar-refractivity contribution < 1.29 is 18.4 Å². The van der Waals surface area contributed by atoms with E-state index >= 15 is 0 Å². The van der Waals surface area contributed by atoms with E-state index in [-0.39, 0.29) is 24.1 Å². The minimum atomic E-state index is -0.464. The maximum atomic E-state index is 12.0. The van der Waals surface area contributed by atoms with E-state index in [9.17, 15) is 9.59 Å². The van der Waals surface area contributed by atoms with E-state index in [1.54, 1.807) is 24.3 Å². The van der Waals surface area contributed by atoms with Gasteiger partial charge in [0.25, 0.3) is 5.91 Å². The molecule has 0 radical (unpaired) electrons. The number of hydrogen-bond donors (Lipinski definition) is 2.